The van der Waals surface area contributed by atoms with Crippen LogP contribution in [0, 0.1) is 78.7 Å². The minimum Gasteiger partial charge on any atom is -0.310 e. The zero-order valence-electron chi connectivity index (χ0n) is 67.1. The van der Waals surface area contributed by atoms with E-state index in [1.54, 1.807) is 0 Å². The Morgan fingerprint density at radius 3 is 0.551 bits per heavy atom. The summed E-state index contributed by atoms with van der Waals surface area (Å²) >= 11 is 0. The van der Waals surface area contributed by atoms with E-state index in [0.717, 1.165) is 156 Å². The quantitative estimate of drug-likeness (QED) is 0.0428. The van der Waals surface area contributed by atoms with E-state index in [1.807, 2.05) is 72.8 Å². The molecule has 0 saturated carbocycles. The number of aryl methyl sites for hydroxylation is 8. The van der Waals surface area contributed by atoms with Gasteiger partial charge in [-0.3, -0.25) is 0 Å². The van der Waals surface area contributed by atoms with Crippen LogP contribution in [0.15, 0.2) is 364 Å². The molecule has 18 rings (SSSR count). The van der Waals surface area contributed by atoms with Crippen molar-refractivity contribution >= 4 is 147 Å². The summed E-state index contributed by atoms with van der Waals surface area (Å²) in [5, 5.41) is 4.14. The first kappa shape index (κ1) is 75.4. The van der Waals surface area contributed by atoms with E-state index in [4.69, 9.17) is 0 Å². The molecule has 0 amide bonds. The third-order valence-corrected chi connectivity index (χ3v) is 23.7. The van der Waals surface area contributed by atoms with Crippen molar-refractivity contribution in [3.8, 4) is 22.3 Å². The molecule has 0 N–H and O–H groups in total. The van der Waals surface area contributed by atoms with Crippen LogP contribution in [0.1, 0.15) is 44.5 Å². The number of nitrogens with zero attached hydrogens (tertiary/aromatic N) is 4. The number of rotatable bonds is 20. The van der Waals surface area contributed by atoms with Crippen LogP contribution in [0.2, 0.25) is 0 Å². The van der Waals surface area contributed by atoms with Gasteiger partial charge in [-0.2, -0.15) is 0 Å². The molecule has 0 heterocycles. The van der Waals surface area contributed by atoms with Crippen molar-refractivity contribution in [1.82, 2.24) is 0 Å². The van der Waals surface area contributed by atoms with E-state index in [9.17, 15) is 0 Å². The molecule has 0 bridgehead atoms. The second kappa shape index (κ2) is 31.7. The number of hydrogen-bond donors (Lipinski definition) is 0. The van der Waals surface area contributed by atoms with Gasteiger partial charge in [0.2, 0.25) is 13.4 Å². The van der Waals surface area contributed by atoms with Crippen LogP contribution in [-0.4, -0.2) is 13.4 Å². The summed E-state index contributed by atoms with van der Waals surface area (Å²) in [6.45, 7) is 16.2. The average Bonchev–Trinajstić information content (AvgIpc) is 0.695. The molecule has 570 valence electrons. The third kappa shape index (κ3) is 13.7. The summed E-state index contributed by atoms with van der Waals surface area (Å²) in [5.74, 6) is -2.93. The van der Waals surface area contributed by atoms with Crippen LogP contribution in [0.25, 0.3) is 54.6 Å². The van der Waals surface area contributed by atoms with Gasteiger partial charge in [-0.15, -0.1) is 0 Å². The largest absolute Gasteiger partial charge is 0.310 e. The molecule has 18 aromatic rings. The first-order valence-electron chi connectivity index (χ1n) is 40.3. The molecular weight excluding hydrogens is 1450 g/mol. The lowest BCUT2D eigenvalue weighted by Gasteiger charge is -2.32. The molecule has 118 heavy (non-hydrogen) atoms. The van der Waals surface area contributed by atoms with Crippen LogP contribution in [0.3, 0.4) is 0 Å². The maximum Gasteiger partial charge on any atom is 0.243 e. The Morgan fingerprint density at radius 1 is 0.186 bits per heavy atom. The SMILES string of the molecule is Cc1cc(N(c2ccccc2)c2ccccc2)cc(C)c1B(c1c(C)cc(N(c2ccccc2)c2ccccc2)cc1C)c1cc(-c2c(F)cccc2F)c2ccc3c(B(c4c(C)cc(N(c5ccccc5)c5ccccc5)cc4C)c4c(C)cc(N(c5ccccc5)c5ccccc5)cc4C)cc(-c4c(F)cccc4F)c4ccc1c2c34. The molecular formula is C108H84B2F4N4. The number of hydrogen-bond acceptors (Lipinski definition) is 4. The molecule has 0 aromatic heterocycles. The molecule has 0 aliphatic carbocycles. The molecule has 0 atom stereocenters. The summed E-state index contributed by atoms with van der Waals surface area (Å²) in [6.07, 6.45) is 0. The molecule has 0 aliphatic heterocycles. The van der Waals surface area contributed by atoms with E-state index in [0.29, 0.717) is 32.7 Å². The minimum atomic E-state index is -0.732. The first-order chi connectivity index (χ1) is 57.6. The Labute approximate surface area is 689 Å². The van der Waals surface area contributed by atoms with Crippen LogP contribution < -0.4 is 52.4 Å². The van der Waals surface area contributed by atoms with Crippen molar-refractivity contribution in [3.05, 3.63) is 432 Å². The number of para-hydroxylation sites is 8. The van der Waals surface area contributed by atoms with Crippen LogP contribution in [0.4, 0.5) is 85.8 Å². The molecule has 0 radical (unpaired) electrons. The molecule has 0 unspecified atom stereocenters. The fourth-order valence-corrected chi connectivity index (χ4v) is 18.9. The summed E-state index contributed by atoms with van der Waals surface area (Å²) in [4.78, 5) is 9.13. The van der Waals surface area contributed by atoms with E-state index >= 15 is 17.6 Å². The topological polar surface area (TPSA) is 13.0 Å². The average molecular weight is 1540 g/mol. The Morgan fingerprint density at radius 2 is 0.364 bits per heavy atom. The maximum absolute atomic E-state index is 17.9. The zero-order chi connectivity index (χ0) is 81.0. The number of anilines is 12. The van der Waals surface area contributed by atoms with E-state index in [2.05, 4.69) is 330 Å². The highest BCUT2D eigenvalue weighted by Gasteiger charge is 2.38. The van der Waals surface area contributed by atoms with Gasteiger partial charge in [-0.1, -0.05) is 271 Å². The lowest BCUT2D eigenvalue weighted by atomic mass is 9.33. The third-order valence-electron chi connectivity index (χ3n) is 23.7. The molecule has 18 aromatic carbocycles. The van der Waals surface area contributed by atoms with Gasteiger partial charge in [-0.25, -0.2) is 17.6 Å². The Hall–Kier alpha value is -14.0. The lowest BCUT2D eigenvalue weighted by molar-refractivity contribution is 0.589. The molecule has 4 nitrogen and oxygen atoms in total. The number of benzene rings is 18. The normalized spacial score (nSPS) is 11.4. The summed E-state index contributed by atoms with van der Waals surface area (Å²) in [7, 11) is 0. The fourth-order valence-electron chi connectivity index (χ4n) is 18.9. The predicted molar refractivity (Wildman–Crippen MR) is 493 cm³/mol. The van der Waals surface area contributed by atoms with Crippen molar-refractivity contribution in [2.75, 3.05) is 19.6 Å². The zero-order valence-corrected chi connectivity index (χ0v) is 67.1. The Kier molecular flexibility index (Phi) is 20.2. The van der Waals surface area contributed by atoms with Crippen LogP contribution >= 0.6 is 0 Å². The van der Waals surface area contributed by atoms with Gasteiger partial charge in [0.15, 0.2) is 0 Å². The smallest absolute Gasteiger partial charge is 0.243 e. The fraction of sp³-hybridized carbons (Fsp3) is 0.0741. The Bertz CT molecular complexity index is 5800. The molecule has 0 fully saturated rings. The van der Waals surface area contributed by atoms with Crippen molar-refractivity contribution < 1.29 is 17.6 Å². The monoisotopic (exact) mass is 1530 g/mol. The van der Waals surface area contributed by atoms with Crippen molar-refractivity contribution in [2.45, 2.75) is 55.4 Å². The maximum atomic E-state index is 17.9. The van der Waals surface area contributed by atoms with Gasteiger partial charge in [0.25, 0.3) is 0 Å². The van der Waals surface area contributed by atoms with Crippen molar-refractivity contribution in [3.63, 3.8) is 0 Å². The van der Waals surface area contributed by atoms with Gasteiger partial charge >= 0.3 is 0 Å². The van der Waals surface area contributed by atoms with Crippen LogP contribution in [-0.2, 0) is 0 Å². The minimum absolute atomic E-state index is 0.188. The van der Waals surface area contributed by atoms with Gasteiger partial charge in [0, 0.05) is 68.2 Å². The lowest BCUT2D eigenvalue weighted by Crippen LogP contribution is -2.56. The van der Waals surface area contributed by atoms with Gasteiger partial charge in [-0.05, 0) is 269 Å². The Balaban J connectivity index is 0.969. The summed E-state index contributed by atoms with van der Waals surface area (Å²) in [5.41, 5.74) is 25.5. The molecule has 0 aliphatic rings. The summed E-state index contributed by atoms with van der Waals surface area (Å²) in [6, 6.07) is 122. The molecule has 0 spiro atoms. The first-order valence-corrected chi connectivity index (χ1v) is 40.3. The highest BCUT2D eigenvalue weighted by atomic mass is 19.1. The second-order valence-corrected chi connectivity index (χ2v) is 31.2. The van der Waals surface area contributed by atoms with Crippen molar-refractivity contribution in [2.24, 2.45) is 0 Å². The highest BCUT2D eigenvalue weighted by Crippen LogP contribution is 2.47. The summed E-state index contributed by atoms with van der Waals surface area (Å²) < 4.78 is 71.5. The van der Waals surface area contributed by atoms with E-state index < -0.39 is 36.7 Å². The number of halogens is 4. The van der Waals surface area contributed by atoms with E-state index in [-0.39, 0.29) is 11.1 Å². The standard InChI is InChI=1S/C108H84B2F4N4/c1-69-59-85(115(77-35-17-9-18-36-77)78-37-19-10-20-38-78)60-70(2)105(69)109(106-71(3)61-86(62-72(106)4)116(79-39-21-11-22-40-79)80-41-23-12-24-42-80)95-67-93(103-97(111)51-33-52-98(103)112)89-56-58-92-96(68-94(104-99(113)53-34-54-100(104)114)90-55-57-91(95)101(89)102(90)92)110(107-73(5)63-87(64-74(107)6)117(81-43-25-13-26-44-81)82-45-27-14-28-46-82)108-75(7)65-88(66-76(108)8)118(83-47-29-15-30-48-83)84-49-31-16-32-50-84/h9-68H,1-8H3. The van der Waals surface area contributed by atoms with Gasteiger partial charge < -0.3 is 19.6 Å². The predicted octanol–water partition coefficient (Wildman–Crippen LogP) is 25.9. The second-order valence-electron chi connectivity index (χ2n) is 31.2. The van der Waals surface area contributed by atoms with Crippen LogP contribution in [0.5, 0.6) is 0 Å². The molecule has 10 heteroatoms. The van der Waals surface area contributed by atoms with Crippen molar-refractivity contribution in [1.29, 1.82) is 0 Å². The molecule has 0 saturated heterocycles. The van der Waals surface area contributed by atoms with Gasteiger partial charge in [0.05, 0.1) is 11.1 Å². The van der Waals surface area contributed by atoms with Gasteiger partial charge in [0.1, 0.15) is 23.3 Å². The highest BCUT2D eigenvalue weighted by molar-refractivity contribution is 6.99. The van der Waals surface area contributed by atoms with E-state index in [1.165, 1.54) is 36.4 Å².